The number of rotatable bonds is 5. The van der Waals surface area contributed by atoms with Crippen LogP contribution in [0.25, 0.3) is 0 Å². The number of esters is 1. The quantitative estimate of drug-likeness (QED) is 0.793. The Hall–Kier alpha value is -2.08. The van der Waals surface area contributed by atoms with E-state index in [0.29, 0.717) is 11.4 Å². The molecule has 1 heterocycles. The lowest BCUT2D eigenvalue weighted by atomic mass is 10.2. The van der Waals surface area contributed by atoms with Crippen molar-refractivity contribution >= 4 is 22.4 Å². The number of nitrogens with zero attached hydrogens (tertiary/aromatic N) is 2. The van der Waals surface area contributed by atoms with Crippen molar-refractivity contribution in [1.29, 1.82) is 0 Å². The SMILES string of the molecule is COC(=O)c1cnc(N(C)Cc2cccc(OC)c2)s1. The number of carbonyl (C=O) groups excluding carboxylic acids is 1. The summed E-state index contributed by atoms with van der Waals surface area (Å²) in [6.45, 7) is 0.686. The van der Waals surface area contributed by atoms with E-state index >= 15 is 0 Å². The molecule has 0 aliphatic carbocycles. The first-order valence-electron chi connectivity index (χ1n) is 6.02. The molecule has 0 unspecified atom stereocenters. The third kappa shape index (κ3) is 3.27. The maximum Gasteiger partial charge on any atom is 0.349 e. The van der Waals surface area contributed by atoms with E-state index < -0.39 is 0 Å². The first-order chi connectivity index (χ1) is 9.63. The van der Waals surface area contributed by atoms with Crippen molar-refractivity contribution in [3.05, 3.63) is 40.9 Å². The highest BCUT2D eigenvalue weighted by Gasteiger charge is 2.13. The second-order valence-corrected chi connectivity index (χ2v) is 5.22. The summed E-state index contributed by atoms with van der Waals surface area (Å²) in [5, 5.41) is 0.771. The third-order valence-electron chi connectivity index (χ3n) is 2.76. The van der Waals surface area contributed by atoms with Crippen LogP contribution in [-0.4, -0.2) is 32.2 Å². The summed E-state index contributed by atoms with van der Waals surface area (Å²) in [5.41, 5.74) is 1.11. The molecule has 0 saturated heterocycles. The van der Waals surface area contributed by atoms with Crippen molar-refractivity contribution in [3.63, 3.8) is 0 Å². The van der Waals surface area contributed by atoms with Crippen LogP contribution in [-0.2, 0) is 11.3 Å². The molecule has 0 spiro atoms. The Morgan fingerprint density at radius 1 is 1.40 bits per heavy atom. The molecule has 0 saturated carbocycles. The Labute approximate surface area is 121 Å². The van der Waals surface area contributed by atoms with Gasteiger partial charge in [0.25, 0.3) is 0 Å². The van der Waals surface area contributed by atoms with Crippen molar-refractivity contribution in [2.24, 2.45) is 0 Å². The van der Waals surface area contributed by atoms with Crippen LogP contribution in [0.5, 0.6) is 5.75 Å². The van der Waals surface area contributed by atoms with Gasteiger partial charge in [-0.25, -0.2) is 9.78 Å². The van der Waals surface area contributed by atoms with Crippen LogP contribution in [0.1, 0.15) is 15.2 Å². The molecule has 20 heavy (non-hydrogen) atoms. The molecule has 0 fully saturated rings. The Morgan fingerprint density at radius 2 is 2.20 bits per heavy atom. The fraction of sp³-hybridized carbons (Fsp3) is 0.286. The second kappa shape index (κ2) is 6.38. The zero-order valence-electron chi connectivity index (χ0n) is 11.6. The molecule has 1 aromatic carbocycles. The number of carbonyl (C=O) groups is 1. The van der Waals surface area contributed by atoms with Gasteiger partial charge in [0.05, 0.1) is 20.4 Å². The van der Waals surface area contributed by atoms with Crippen molar-refractivity contribution in [1.82, 2.24) is 4.98 Å². The minimum atomic E-state index is -0.358. The Morgan fingerprint density at radius 3 is 2.90 bits per heavy atom. The lowest BCUT2D eigenvalue weighted by molar-refractivity contribution is 0.0606. The third-order valence-corrected chi connectivity index (χ3v) is 3.85. The van der Waals surface area contributed by atoms with Crippen molar-refractivity contribution in [2.45, 2.75) is 6.54 Å². The van der Waals surface area contributed by atoms with Gasteiger partial charge >= 0.3 is 5.97 Å². The largest absolute Gasteiger partial charge is 0.497 e. The van der Waals surface area contributed by atoms with E-state index in [-0.39, 0.29) is 5.97 Å². The summed E-state index contributed by atoms with van der Waals surface area (Å²) in [5.74, 6) is 0.466. The van der Waals surface area contributed by atoms with Gasteiger partial charge in [-0.3, -0.25) is 0 Å². The predicted molar refractivity (Wildman–Crippen MR) is 78.6 cm³/mol. The molecule has 0 atom stereocenters. The molecule has 2 aromatic rings. The topological polar surface area (TPSA) is 51.7 Å². The highest BCUT2D eigenvalue weighted by Crippen LogP contribution is 2.24. The molecule has 0 bridgehead atoms. The smallest absolute Gasteiger partial charge is 0.349 e. The number of aromatic nitrogens is 1. The lowest BCUT2D eigenvalue weighted by Crippen LogP contribution is -2.15. The van der Waals surface area contributed by atoms with Gasteiger partial charge in [0, 0.05) is 13.6 Å². The average Bonchev–Trinajstić information content (AvgIpc) is 2.96. The zero-order valence-corrected chi connectivity index (χ0v) is 12.4. The lowest BCUT2D eigenvalue weighted by Gasteiger charge is -2.16. The van der Waals surface area contributed by atoms with Crippen LogP contribution in [0.2, 0.25) is 0 Å². The Kier molecular flexibility index (Phi) is 4.57. The van der Waals surface area contributed by atoms with E-state index in [4.69, 9.17) is 4.74 Å². The van der Waals surface area contributed by atoms with Gasteiger partial charge < -0.3 is 14.4 Å². The van der Waals surface area contributed by atoms with Crippen LogP contribution < -0.4 is 9.64 Å². The number of ether oxygens (including phenoxy) is 2. The van der Waals surface area contributed by atoms with Crippen LogP contribution in [0, 0.1) is 0 Å². The number of methoxy groups -OCH3 is 2. The number of thiazole rings is 1. The molecule has 0 aliphatic rings. The molecule has 0 radical (unpaired) electrons. The summed E-state index contributed by atoms with van der Waals surface area (Å²) in [6.07, 6.45) is 1.54. The first-order valence-corrected chi connectivity index (χ1v) is 6.84. The normalized spacial score (nSPS) is 10.2. The average molecular weight is 292 g/mol. The molecule has 106 valence electrons. The summed E-state index contributed by atoms with van der Waals surface area (Å²) >= 11 is 1.31. The predicted octanol–water partition coefficient (Wildman–Crippen LogP) is 2.57. The molecule has 0 amide bonds. The van der Waals surface area contributed by atoms with E-state index in [0.717, 1.165) is 16.4 Å². The van der Waals surface area contributed by atoms with Crippen LogP contribution >= 0.6 is 11.3 Å². The molecular formula is C14H16N2O3S. The fourth-order valence-electron chi connectivity index (χ4n) is 1.75. The minimum Gasteiger partial charge on any atom is -0.497 e. The van der Waals surface area contributed by atoms with E-state index in [1.165, 1.54) is 24.6 Å². The van der Waals surface area contributed by atoms with Crippen LogP contribution in [0.4, 0.5) is 5.13 Å². The standard InChI is InChI=1S/C14H16N2O3S/c1-16(9-10-5-4-6-11(7-10)18-2)14-15-8-12(20-14)13(17)19-3/h4-8H,9H2,1-3H3. The summed E-state index contributed by atoms with van der Waals surface area (Å²) < 4.78 is 9.87. The molecular weight excluding hydrogens is 276 g/mol. The van der Waals surface area contributed by atoms with Gasteiger partial charge in [0.15, 0.2) is 5.13 Å². The molecule has 6 heteroatoms. The highest BCUT2D eigenvalue weighted by molar-refractivity contribution is 7.17. The molecule has 2 rings (SSSR count). The molecule has 0 aliphatic heterocycles. The summed E-state index contributed by atoms with van der Waals surface area (Å²) in [7, 11) is 4.94. The monoisotopic (exact) mass is 292 g/mol. The Bertz CT molecular complexity index is 598. The fourth-order valence-corrected chi connectivity index (χ4v) is 2.54. The van der Waals surface area contributed by atoms with Crippen molar-refractivity contribution in [2.75, 3.05) is 26.2 Å². The van der Waals surface area contributed by atoms with Gasteiger partial charge in [0.1, 0.15) is 10.6 Å². The number of hydrogen-bond acceptors (Lipinski definition) is 6. The van der Waals surface area contributed by atoms with Gasteiger partial charge in [-0.15, -0.1) is 0 Å². The van der Waals surface area contributed by atoms with Gasteiger partial charge in [-0.1, -0.05) is 23.5 Å². The summed E-state index contributed by atoms with van der Waals surface area (Å²) in [6, 6.07) is 7.85. The molecule has 1 aromatic heterocycles. The number of benzene rings is 1. The zero-order chi connectivity index (χ0) is 14.5. The minimum absolute atomic E-state index is 0.358. The van der Waals surface area contributed by atoms with Gasteiger partial charge in [-0.2, -0.15) is 0 Å². The highest BCUT2D eigenvalue weighted by atomic mass is 32.1. The van der Waals surface area contributed by atoms with Crippen molar-refractivity contribution < 1.29 is 14.3 Å². The van der Waals surface area contributed by atoms with Gasteiger partial charge in [0.2, 0.25) is 0 Å². The maximum absolute atomic E-state index is 11.4. The maximum atomic E-state index is 11.4. The summed E-state index contributed by atoms with van der Waals surface area (Å²) in [4.78, 5) is 18.1. The van der Waals surface area contributed by atoms with Gasteiger partial charge in [-0.05, 0) is 17.7 Å². The number of anilines is 1. The first kappa shape index (κ1) is 14.3. The van der Waals surface area contributed by atoms with E-state index in [1.54, 1.807) is 7.11 Å². The second-order valence-electron chi connectivity index (χ2n) is 4.21. The van der Waals surface area contributed by atoms with E-state index in [1.807, 2.05) is 36.2 Å². The van der Waals surface area contributed by atoms with Crippen LogP contribution in [0.15, 0.2) is 30.5 Å². The Balaban J connectivity index is 2.09. The van der Waals surface area contributed by atoms with E-state index in [2.05, 4.69) is 9.72 Å². The van der Waals surface area contributed by atoms with Crippen LogP contribution in [0.3, 0.4) is 0 Å². The molecule has 5 nitrogen and oxygen atoms in total. The van der Waals surface area contributed by atoms with Crippen molar-refractivity contribution in [3.8, 4) is 5.75 Å². The molecule has 0 N–H and O–H groups in total. The number of hydrogen-bond donors (Lipinski definition) is 0. The van der Waals surface area contributed by atoms with E-state index in [9.17, 15) is 4.79 Å².